The van der Waals surface area contributed by atoms with Crippen molar-refractivity contribution >= 4 is 5.78 Å². The molecule has 0 fully saturated rings. The average molecular weight is 238 g/mol. The van der Waals surface area contributed by atoms with Gasteiger partial charge in [0.1, 0.15) is 5.78 Å². The van der Waals surface area contributed by atoms with Crippen molar-refractivity contribution in [2.45, 2.75) is 65.9 Å². The summed E-state index contributed by atoms with van der Waals surface area (Å²) in [6.07, 6.45) is 5.16. The summed E-state index contributed by atoms with van der Waals surface area (Å²) in [6, 6.07) is 0. The fraction of sp³-hybridized carbons (Fsp3) is 0.800. The Hall–Kier alpha value is -0.630. The molecule has 2 nitrogen and oxygen atoms in total. The van der Waals surface area contributed by atoms with Crippen molar-refractivity contribution in [1.82, 2.24) is 0 Å². The largest absolute Gasteiger partial charge is 0.385 e. The second kappa shape index (κ2) is 4.93. The molecule has 0 radical (unpaired) electrons. The van der Waals surface area contributed by atoms with E-state index in [1.807, 2.05) is 20.8 Å². The topological polar surface area (TPSA) is 37.3 Å². The minimum absolute atomic E-state index is 0.0644. The second-order valence-electron chi connectivity index (χ2n) is 6.29. The molecule has 0 aromatic heterocycles. The van der Waals surface area contributed by atoms with E-state index in [1.54, 1.807) is 0 Å². The smallest absolute Gasteiger partial charge is 0.135 e. The Bertz CT molecular complexity index is 326. The Morgan fingerprint density at radius 3 is 2.53 bits per heavy atom. The number of hydrogen-bond donors (Lipinski definition) is 1. The van der Waals surface area contributed by atoms with Crippen LogP contribution in [0, 0.1) is 11.3 Å². The van der Waals surface area contributed by atoms with Crippen LogP contribution in [0.5, 0.6) is 0 Å². The second-order valence-corrected chi connectivity index (χ2v) is 6.29. The summed E-state index contributed by atoms with van der Waals surface area (Å²) in [5.74, 6) is 0.308. The van der Waals surface area contributed by atoms with Crippen LogP contribution in [0.15, 0.2) is 11.6 Å². The maximum atomic E-state index is 11.7. The highest BCUT2D eigenvalue weighted by atomic mass is 16.3. The van der Waals surface area contributed by atoms with Crippen molar-refractivity contribution in [3.8, 4) is 0 Å². The molecule has 0 bridgehead atoms. The summed E-state index contributed by atoms with van der Waals surface area (Å²) in [7, 11) is 0. The van der Waals surface area contributed by atoms with E-state index in [9.17, 15) is 9.90 Å². The van der Waals surface area contributed by atoms with Crippen LogP contribution in [-0.2, 0) is 4.79 Å². The molecule has 1 atom stereocenters. The normalized spacial score (nSPS) is 28.1. The van der Waals surface area contributed by atoms with Gasteiger partial charge in [-0.05, 0) is 37.2 Å². The molecule has 1 unspecified atom stereocenters. The zero-order chi connectivity index (χ0) is 13.3. The molecule has 1 aliphatic carbocycles. The minimum Gasteiger partial charge on any atom is -0.385 e. The van der Waals surface area contributed by atoms with Crippen LogP contribution in [0.3, 0.4) is 0 Å². The lowest BCUT2D eigenvalue weighted by molar-refractivity contribution is -0.124. The van der Waals surface area contributed by atoms with Gasteiger partial charge in [0, 0.05) is 12.3 Å². The molecule has 0 heterocycles. The van der Waals surface area contributed by atoms with Crippen molar-refractivity contribution in [3.63, 3.8) is 0 Å². The highest BCUT2D eigenvalue weighted by Gasteiger charge is 2.45. The van der Waals surface area contributed by atoms with E-state index >= 15 is 0 Å². The van der Waals surface area contributed by atoms with Crippen molar-refractivity contribution in [2.75, 3.05) is 0 Å². The first kappa shape index (κ1) is 14.4. The molecule has 0 saturated carbocycles. The number of rotatable bonds is 4. The molecule has 0 aromatic carbocycles. The summed E-state index contributed by atoms with van der Waals surface area (Å²) >= 11 is 0. The molecule has 98 valence electrons. The van der Waals surface area contributed by atoms with E-state index in [1.165, 1.54) is 0 Å². The molecule has 0 aliphatic heterocycles. The van der Waals surface area contributed by atoms with Crippen molar-refractivity contribution < 1.29 is 9.90 Å². The van der Waals surface area contributed by atoms with Gasteiger partial charge in [0.25, 0.3) is 0 Å². The van der Waals surface area contributed by atoms with E-state index in [-0.39, 0.29) is 17.1 Å². The summed E-state index contributed by atoms with van der Waals surface area (Å²) < 4.78 is 0. The van der Waals surface area contributed by atoms with Gasteiger partial charge in [0.05, 0.1) is 5.60 Å². The van der Waals surface area contributed by atoms with Crippen molar-refractivity contribution in [1.29, 1.82) is 0 Å². The summed E-state index contributed by atoms with van der Waals surface area (Å²) in [5, 5.41) is 10.9. The van der Waals surface area contributed by atoms with Gasteiger partial charge < -0.3 is 5.11 Å². The number of carbonyl (C=O) groups excluding carboxylic acids is 1. The molecule has 1 rings (SSSR count). The van der Waals surface area contributed by atoms with E-state index in [4.69, 9.17) is 0 Å². The highest BCUT2D eigenvalue weighted by molar-refractivity contribution is 5.80. The van der Waals surface area contributed by atoms with Gasteiger partial charge in [-0.1, -0.05) is 33.8 Å². The quantitative estimate of drug-likeness (QED) is 0.761. The Morgan fingerprint density at radius 1 is 1.47 bits per heavy atom. The molecule has 0 saturated heterocycles. The lowest BCUT2D eigenvalue weighted by Crippen LogP contribution is -2.48. The zero-order valence-corrected chi connectivity index (χ0v) is 11.8. The Kier molecular flexibility index (Phi) is 4.19. The van der Waals surface area contributed by atoms with Gasteiger partial charge in [0.2, 0.25) is 0 Å². The molecule has 1 N–H and O–H groups in total. The SMILES string of the molecule is CC1=CCCC(C)(C)C1(O)CCC(=O)C(C)C. The van der Waals surface area contributed by atoms with Gasteiger partial charge in [-0.3, -0.25) is 4.79 Å². The lowest BCUT2D eigenvalue weighted by atomic mass is 9.63. The predicted molar refractivity (Wildman–Crippen MR) is 70.8 cm³/mol. The molecule has 0 amide bonds. The van der Waals surface area contributed by atoms with Crippen LogP contribution in [-0.4, -0.2) is 16.5 Å². The Labute approximate surface area is 105 Å². The molecule has 0 spiro atoms. The number of aliphatic hydroxyl groups is 1. The summed E-state index contributed by atoms with van der Waals surface area (Å²) in [4.78, 5) is 11.7. The van der Waals surface area contributed by atoms with Gasteiger partial charge >= 0.3 is 0 Å². The third-order valence-electron chi connectivity index (χ3n) is 4.37. The van der Waals surface area contributed by atoms with E-state index in [2.05, 4.69) is 19.9 Å². The van der Waals surface area contributed by atoms with Crippen molar-refractivity contribution in [3.05, 3.63) is 11.6 Å². The monoisotopic (exact) mass is 238 g/mol. The fourth-order valence-electron chi connectivity index (χ4n) is 2.69. The molecular weight excluding hydrogens is 212 g/mol. The Morgan fingerprint density at radius 2 is 2.06 bits per heavy atom. The van der Waals surface area contributed by atoms with Crippen LogP contribution in [0.25, 0.3) is 0 Å². The van der Waals surface area contributed by atoms with Crippen LogP contribution in [0.1, 0.15) is 60.3 Å². The molecular formula is C15H26O2. The van der Waals surface area contributed by atoms with E-state index < -0.39 is 5.60 Å². The first-order valence-corrected chi connectivity index (χ1v) is 6.63. The van der Waals surface area contributed by atoms with Crippen LogP contribution < -0.4 is 0 Å². The molecule has 0 aromatic rings. The first-order valence-electron chi connectivity index (χ1n) is 6.63. The van der Waals surface area contributed by atoms with Gasteiger partial charge in [-0.25, -0.2) is 0 Å². The third kappa shape index (κ3) is 2.79. The van der Waals surface area contributed by atoms with Crippen LogP contribution >= 0.6 is 0 Å². The number of Topliss-reactive ketones (excluding diaryl/α,β-unsaturated/α-hetero) is 1. The molecule has 1 aliphatic rings. The van der Waals surface area contributed by atoms with Gasteiger partial charge in [-0.15, -0.1) is 0 Å². The number of carbonyl (C=O) groups is 1. The van der Waals surface area contributed by atoms with E-state index in [0.29, 0.717) is 12.8 Å². The summed E-state index contributed by atoms with van der Waals surface area (Å²) in [5.41, 5.74) is 0.0871. The zero-order valence-electron chi connectivity index (χ0n) is 11.8. The van der Waals surface area contributed by atoms with Crippen molar-refractivity contribution in [2.24, 2.45) is 11.3 Å². The van der Waals surface area contributed by atoms with Crippen LogP contribution in [0.2, 0.25) is 0 Å². The maximum absolute atomic E-state index is 11.7. The predicted octanol–water partition coefficient (Wildman–Crippen LogP) is 3.49. The maximum Gasteiger partial charge on any atom is 0.135 e. The lowest BCUT2D eigenvalue weighted by Gasteiger charge is -2.46. The highest BCUT2D eigenvalue weighted by Crippen LogP contribution is 2.46. The number of hydrogen-bond acceptors (Lipinski definition) is 2. The minimum atomic E-state index is -0.810. The van der Waals surface area contributed by atoms with Gasteiger partial charge in [-0.2, -0.15) is 0 Å². The average Bonchev–Trinajstić information content (AvgIpc) is 2.22. The van der Waals surface area contributed by atoms with E-state index in [0.717, 1.165) is 18.4 Å². The first-order chi connectivity index (χ1) is 7.71. The molecule has 2 heteroatoms. The molecule has 17 heavy (non-hydrogen) atoms. The number of ketones is 1. The standard InChI is InChI=1S/C15H26O2/c1-11(2)13(16)8-10-15(17)12(3)7-6-9-14(15,4)5/h7,11,17H,6,8-10H2,1-5H3. The fourth-order valence-corrected chi connectivity index (χ4v) is 2.69. The third-order valence-corrected chi connectivity index (χ3v) is 4.37. The summed E-state index contributed by atoms with van der Waals surface area (Å²) in [6.45, 7) is 10.0. The van der Waals surface area contributed by atoms with Crippen LogP contribution in [0.4, 0.5) is 0 Å². The Balaban J connectivity index is 2.81. The van der Waals surface area contributed by atoms with Gasteiger partial charge in [0.15, 0.2) is 0 Å². The number of allylic oxidation sites excluding steroid dienone is 1.